The van der Waals surface area contributed by atoms with Crippen molar-refractivity contribution in [2.45, 2.75) is 38.8 Å². The minimum absolute atomic E-state index is 0. The van der Waals surface area contributed by atoms with E-state index in [0.29, 0.717) is 20.5 Å². The Bertz CT molecular complexity index is 548. The van der Waals surface area contributed by atoms with Gasteiger partial charge in [0, 0.05) is 11.8 Å². The molecule has 2 aliphatic carbocycles. The molecule has 4 atom stereocenters. The maximum absolute atomic E-state index is 4.85. The average molecular weight is 462 g/mol. The van der Waals surface area contributed by atoms with E-state index < -0.39 is 0 Å². The normalized spacial score (nSPS) is 32.0. The molecule has 0 aromatic heterocycles. The van der Waals surface area contributed by atoms with Crippen LogP contribution in [0.4, 0.5) is 0 Å². The van der Waals surface area contributed by atoms with Crippen LogP contribution in [0.1, 0.15) is 27.7 Å². The summed E-state index contributed by atoms with van der Waals surface area (Å²) in [7, 11) is 0. The molecule has 2 nitrogen and oxygen atoms in total. The van der Waals surface area contributed by atoms with Gasteiger partial charge in [-0.1, -0.05) is 71.1 Å². The number of thiocarbonyl (C=S) groups is 2. The molecule has 0 aromatic carbocycles. The summed E-state index contributed by atoms with van der Waals surface area (Å²) in [6.07, 6.45) is 16.6. The molecular formula is C18H24N2S4Zn. The molecule has 0 bridgehead atoms. The van der Waals surface area contributed by atoms with E-state index in [1.165, 1.54) is 0 Å². The summed E-state index contributed by atoms with van der Waals surface area (Å²) in [5, 5.41) is 6.23. The molecule has 0 aromatic rings. The topological polar surface area (TPSA) is 24.1 Å². The molecular weight excluding hydrogens is 438 g/mol. The minimum atomic E-state index is -0.104. The van der Waals surface area contributed by atoms with E-state index in [9.17, 15) is 0 Å². The monoisotopic (exact) mass is 460 g/mol. The zero-order valence-corrected chi connectivity index (χ0v) is 21.3. The molecule has 0 saturated carbocycles. The second kappa shape index (κ2) is 10.8. The van der Waals surface area contributed by atoms with Crippen molar-refractivity contribution in [3.63, 3.8) is 0 Å². The largest absolute Gasteiger partial charge is 2.00 e. The number of hydrogen-bond donors (Lipinski definition) is 2. The first kappa shape index (κ1) is 24.8. The summed E-state index contributed by atoms with van der Waals surface area (Å²) in [6.45, 7) is 8.47. The van der Waals surface area contributed by atoms with Crippen LogP contribution in [-0.4, -0.2) is 19.7 Å². The smallest absolute Gasteiger partial charge is 0.412 e. The summed E-state index contributed by atoms with van der Waals surface area (Å²) in [5.74, 6) is 0.840. The SMILES string of the molecule is CC1C=CC=CC1(C)NC(=S)[S-].CC1C=CC=CC1(C)NC(=S)[S-].[Zn+2]. The fraction of sp³-hybridized carbons (Fsp3) is 0.444. The molecule has 2 aliphatic rings. The van der Waals surface area contributed by atoms with E-state index >= 15 is 0 Å². The maximum Gasteiger partial charge on any atom is 2.00 e. The molecule has 0 heterocycles. The molecule has 7 heteroatoms. The zero-order valence-electron chi connectivity index (χ0n) is 15.1. The zero-order chi connectivity index (χ0) is 18.4. The van der Waals surface area contributed by atoms with Crippen molar-refractivity contribution in [3.8, 4) is 0 Å². The van der Waals surface area contributed by atoms with Crippen LogP contribution in [-0.2, 0) is 44.7 Å². The third kappa shape index (κ3) is 7.92. The molecule has 0 aliphatic heterocycles. The Morgan fingerprint density at radius 1 is 0.800 bits per heavy atom. The van der Waals surface area contributed by atoms with Crippen molar-refractivity contribution >= 4 is 58.3 Å². The van der Waals surface area contributed by atoms with Crippen molar-refractivity contribution in [3.05, 3.63) is 48.6 Å². The summed E-state index contributed by atoms with van der Waals surface area (Å²) >= 11 is 19.4. The molecule has 0 spiro atoms. The molecule has 0 saturated heterocycles. The van der Waals surface area contributed by atoms with Crippen molar-refractivity contribution in [1.29, 1.82) is 0 Å². The van der Waals surface area contributed by atoms with Gasteiger partial charge < -0.3 is 60.3 Å². The van der Waals surface area contributed by atoms with Crippen LogP contribution < -0.4 is 10.6 Å². The third-order valence-corrected chi connectivity index (χ3v) is 4.95. The van der Waals surface area contributed by atoms with Crippen LogP contribution >= 0.6 is 24.4 Å². The summed E-state index contributed by atoms with van der Waals surface area (Å²) in [5.41, 5.74) is -0.207. The quantitative estimate of drug-likeness (QED) is 0.368. The van der Waals surface area contributed by atoms with Crippen molar-refractivity contribution in [2.24, 2.45) is 11.8 Å². The van der Waals surface area contributed by atoms with Crippen LogP contribution in [0.15, 0.2) is 48.6 Å². The first-order valence-electron chi connectivity index (χ1n) is 7.79. The predicted molar refractivity (Wildman–Crippen MR) is 118 cm³/mol. The third-order valence-electron chi connectivity index (χ3n) is 4.54. The number of nitrogens with one attached hydrogen (secondary N) is 2. The molecule has 25 heavy (non-hydrogen) atoms. The Hall–Kier alpha value is -0.197. The van der Waals surface area contributed by atoms with Crippen LogP contribution in [0.25, 0.3) is 0 Å². The summed E-state index contributed by atoms with van der Waals surface area (Å²) in [6, 6.07) is 0. The molecule has 0 radical (unpaired) electrons. The molecule has 0 fully saturated rings. The van der Waals surface area contributed by atoms with Gasteiger partial charge in [-0.3, -0.25) is 0 Å². The van der Waals surface area contributed by atoms with Gasteiger partial charge in [-0.05, 0) is 13.8 Å². The van der Waals surface area contributed by atoms with E-state index in [4.69, 9.17) is 49.7 Å². The standard InChI is InChI=1S/2C9H13NS2.Zn/c2*1-7-5-3-4-6-9(7,2)10-8(11)12;/h2*3-7H,1-2H3,(H2,10,11,12);/q;;+2/p-2. The van der Waals surface area contributed by atoms with Gasteiger partial charge in [0.15, 0.2) is 0 Å². The Labute approximate surface area is 186 Å². The van der Waals surface area contributed by atoms with Gasteiger partial charge in [0.2, 0.25) is 0 Å². The van der Waals surface area contributed by atoms with Gasteiger partial charge >= 0.3 is 19.5 Å². The molecule has 0 amide bonds. The van der Waals surface area contributed by atoms with Gasteiger partial charge in [-0.15, -0.1) is 0 Å². The van der Waals surface area contributed by atoms with Gasteiger partial charge in [-0.25, -0.2) is 0 Å². The van der Waals surface area contributed by atoms with Gasteiger partial charge in [0.1, 0.15) is 0 Å². The van der Waals surface area contributed by atoms with E-state index in [1.54, 1.807) is 0 Å². The van der Waals surface area contributed by atoms with E-state index in [-0.39, 0.29) is 30.6 Å². The first-order chi connectivity index (χ1) is 11.1. The summed E-state index contributed by atoms with van der Waals surface area (Å²) < 4.78 is 0.869. The fourth-order valence-electron chi connectivity index (χ4n) is 2.43. The number of hydrogen-bond acceptors (Lipinski definition) is 4. The van der Waals surface area contributed by atoms with E-state index in [1.807, 2.05) is 24.3 Å². The van der Waals surface area contributed by atoms with Crippen LogP contribution in [0, 0.1) is 11.8 Å². The second-order valence-corrected chi connectivity index (χ2v) is 8.61. The van der Waals surface area contributed by atoms with Gasteiger partial charge in [0.25, 0.3) is 0 Å². The first-order valence-corrected chi connectivity index (χ1v) is 9.43. The number of rotatable bonds is 2. The predicted octanol–water partition coefficient (Wildman–Crippen LogP) is 3.85. The maximum atomic E-state index is 4.85. The van der Waals surface area contributed by atoms with Crippen molar-refractivity contribution in [2.75, 3.05) is 0 Å². The molecule has 4 unspecified atom stereocenters. The van der Waals surface area contributed by atoms with Crippen molar-refractivity contribution in [1.82, 2.24) is 10.6 Å². The second-order valence-electron chi connectivity index (χ2n) is 6.46. The Morgan fingerprint density at radius 2 is 1.12 bits per heavy atom. The Morgan fingerprint density at radius 3 is 1.36 bits per heavy atom. The van der Waals surface area contributed by atoms with Crippen LogP contribution in [0.3, 0.4) is 0 Å². The Balaban J connectivity index is 0.000000443. The number of allylic oxidation sites excluding steroid dienone is 4. The minimum Gasteiger partial charge on any atom is -0.412 e. The van der Waals surface area contributed by atoms with Crippen LogP contribution in [0.2, 0.25) is 0 Å². The van der Waals surface area contributed by atoms with Gasteiger partial charge in [0.05, 0.1) is 11.1 Å². The van der Waals surface area contributed by atoms with Crippen LogP contribution in [0.5, 0.6) is 0 Å². The molecule has 132 valence electrons. The van der Waals surface area contributed by atoms with Crippen molar-refractivity contribution < 1.29 is 19.5 Å². The molecule has 2 N–H and O–H groups in total. The molecule has 2 rings (SSSR count). The van der Waals surface area contributed by atoms with Gasteiger partial charge in [-0.2, -0.15) is 0 Å². The fourth-order valence-corrected chi connectivity index (χ4v) is 3.31. The van der Waals surface area contributed by atoms with E-state index in [2.05, 4.69) is 62.6 Å². The Kier molecular flexibility index (Phi) is 10.7. The summed E-state index contributed by atoms with van der Waals surface area (Å²) in [4.78, 5) is 0. The average Bonchev–Trinajstić information content (AvgIpc) is 2.45. The van der Waals surface area contributed by atoms with E-state index in [0.717, 1.165) is 0 Å².